The Bertz CT molecular complexity index is 256. The third-order valence-corrected chi connectivity index (χ3v) is 3.37. The van der Waals surface area contributed by atoms with E-state index in [1.165, 1.54) is 37.4 Å². The van der Waals surface area contributed by atoms with Crippen molar-refractivity contribution in [3.05, 3.63) is 0 Å². The van der Waals surface area contributed by atoms with Crippen LogP contribution in [0.2, 0.25) is 0 Å². The average Bonchev–Trinajstić information content (AvgIpc) is 2.57. The van der Waals surface area contributed by atoms with Crippen LogP contribution in [0.5, 0.6) is 0 Å². The molecule has 0 aromatic rings. The highest BCUT2D eigenvalue weighted by Gasteiger charge is 2.30. The van der Waals surface area contributed by atoms with Gasteiger partial charge < -0.3 is 5.32 Å². The Morgan fingerprint density at radius 3 is 3.15 bits per heavy atom. The van der Waals surface area contributed by atoms with Gasteiger partial charge in [-0.15, -0.1) is 0 Å². The van der Waals surface area contributed by atoms with Gasteiger partial charge in [-0.25, -0.2) is 0 Å². The molecule has 2 aliphatic rings. The van der Waals surface area contributed by atoms with Crippen LogP contribution >= 0.6 is 11.8 Å². The van der Waals surface area contributed by atoms with Crippen LogP contribution in [0.1, 0.15) is 25.7 Å². The first-order valence-electron chi connectivity index (χ1n) is 4.74. The molecule has 13 heavy (non-hydrogen) atoms. The number of amidine groups is 1. The summed E-state index contributed by atoms with van der Waals surface area (Å²) in [6.45, 7) is 0. The third-order valence-electron chi connectivity index (χ3n) is 2.59. The van der Waals surface area contributed by atoms with Crippen LogP contribution in [0, 0.1) is 11.3 Å². The number of thioether (sulfide) groups is 1. The molecular weight excluding hydrogens is 182 g/mol. The second kappa shape index (κ2) is 4.01. The van der Waals surface area contributed by atoms with Crippen molar-refractivity contribution in [3.8, 4) is 6.07 Å². The van der Waals surface area contributed by atoms with Crippen molar-refractivity contribution in [2.75, 3.05) is 5.75 Å². The molecule has 1 fully saturated rings. The molecule has 1 aliphatic heterocycles. The molecule has 1 aliphatic carbocycles. The van der Waals surface area contributed by atoms with Crippen molar-refractivity contribution < 1.29 is 0 Å². The summed E-state index contributed by atoms with van der Waals surface area (Å²) >= 11 is 1.53. The van der Waals surface area contributed by atoms with Crippen LogP contribution in [0.15, 0.2) is 4.99 Å². The summed E-state index contributed by atoms with van der Waals surface area (Å²) in [5.74, 6) is 0.505. The van der Waals surface area contributed by atoms with Crippen LogP contribution in [-0.4, -0.2) is 23.0 Å². The number of nitriles is 1. The Hall–Kier alpha value is -0.690. The lowest BCUT2D eigenvalue weighted by Gasteiger charge is -2.22. The minimum Gasteiger partial charge on any atom is -0.360 e. The zero-order valence-corrected chi connectivity index (χ0v) is 8.31. The number of hydrogen-bond acceptors (Lipinski definition) is 4. The van der Waals surface area contributed by atoms with Crippen molar-refractivity contribution in [2.45, 2.75) is 37.8 Å². The predicted octanol–water partition coefficient (Wildman–Crippen LogP) is 1.51. The lowest BCUT2D eigenvalue weighted by atomic mass is 9.92. The van der Waals surface area contributed by atoms with E-state index in [2.05, 4.69) is 16.4 Å². The second-order valence-electron chi connectivity index (χ2n) is 3.48. The molecule has 3 nitrogen and oxygen atoms in total. The molecule has 1 heterocycles. The van der Waals surface area contributed by atoms with E-state index in [4.69, 9.17) is 5.26 Å². The van der Waals surface area contributed by atoms with Gasteiger partial charge in [-0.1, -0.05) is 24.6 Å². The first-order valence-corrected chi connectivity index (χ1v) is 5.73. The van der Waals surface area contributed by atoms with Crippen molar-refractivity contribution in [2.24, 2.45) is 4.99 Å². The van der Waals surface area contributed by atoms with Crippen molar-refractivity contribution in [1.82, 2.24) is 5.32 Å². The largest absolute Gasteiger partial charge is 0.360 e. The molecule has 0 spiro atoms. The molecule has 1 N–H and O–H groups in total. The Kier molecular flexibility index (Phi) is 2.74. The average molecular weight is 195 g/mol. The van der Waals surface area contributed by atoms with E-state index in [9.17, 15) is 0 Å². The fourth-order valence-corrected chi connectivity index (χ4v) is 2.61. The number of hydrogen-bond donors (Lipinski definition) is 1. The topological polar surface area (TPSA) is 48.2 Å². The highest BCUT2D eigenvalue weighted by Crippen LogP contribution is 2.26. The van der Waals surface area contributed by atoms with Gasteiger partial charge in [0.2, 0.25) is 0 Å². The SMILES string of the molecule is N#CCSC1=NC2CCCCC2N1. The molecule has 0 aromatic carbocycles. The summed E-state index contributed by atoms with van der Waals surface area (Å²) in [4.78, 5) is 4.56. The molecule has 0 radical (unpaired) electrons. The summed E-state index contributed by atoms with van der Waals surface area (Å²) < 4.78 is 0. The molecule has 0 bridgehead atoms. The van der Waals surface area contributed by atoms with E-state index in [0.717, 1.165) is 5.17 Å². The van der Waals surface area contributed by atoms with E-state index in [0.29, 0.717) is 17.8 Å². The minimum absolute atomic E-state index is 0.495. The van der Waals surface area contributed by atoms with Gasteiger partial charge >= 0.3 is 0 Å². The number of fused-ring (bicyclic) bond motifs is 1. The first-order chi connectivity index (χ1) is 6.40. The molecule has 1 saturated carbocycles. The Morgan fingerprint density at radius 1 is 1.54 bits per heavy atom. The van der Waals surface area contributed by atoms with Crippen molar-refractivity contribution >= 4 is 16.9 Å². The van der Waals surface area contributed by atoms with E-state index < -0.39 is 0 Å². The van der Waals surface area contributed by atoms with Gasteiger partial charge in [0.1, 0.15) is 0 Å². The predicted molar refractivity (Wildman–Crippen MR) is 54.7 cm³/mol. The number of aliphatic imine (C=N–C) groups is 1. The Morgan fingerprint density at radius 2 is 2.38 bits per heavy atom. The maximum atomic E-state index is 8.43. The standard InChI is InChI=1S/C9H13N3S/c10-5-6-13-9-11-7-3-1-2-4-8(7)12-9/h7-8H,1-4,6H2,(H,11,12). The summed E-state index contributed by atoms with van der Waals surface area (Å²) in [5, 5.41) is 12.8. The first kappa shape index (κ1) is 8.89. The fraction of sp³-hybridized carbons (Fsp3) is 0.778. The second-order valence-corrected chi connectivity index (χ2v) is 4.45. The van der Waals surface area contributed by atoms with E-state index >= 15 is 0 Å². The molecule has 2 atom stereocenters. The lowest BCUT2D eigenvalue weighted by Crippen LogP contribution is -2.36. The molecule has 0 aromatic heterocycles. The van der Waals surface area contributed by atoms with E-state index in [-0.39, 0.29) is 0 Å². The Labute approximate surface area is 82.6 Å². The number of nitrogens with zero attached hydrogens (tertiary/aromatic N) is 2. The zero-order valence-electron chi connectivity index (χ0n) is 7.49. The summed E-state index contributed by atoms with van der Waals surface area (Å²) in [6, 6.07) is 3.18. The molecule has 0 amide bonds. The quantitative estimate of drug-likeness (QED) is 0.690. The third kappa shape index (κ3) is 1.97. The van der Waals surface area contributed by atoms with Crippen LogP contribution in [0.25, 0.3) is 0 Å². The number of nitrogens with one attached hydrogen (secondary N) is 1. The van der Waals surface area contributed by atoms with Gasteiger partial charge in [-0.05, 0) is 12.8 Å². The van der Waals surface area contributed by atoms with Gasteiger partial charge in [0, 0.05) is 0 Å². The van der Waals surface area contributed by atoms with Gasteiger partial charge in [-0.3, -0.25) is 4.99 Å². The smallest absolute Gasteiger partial charge is 0.158 e. The molecule has 0 saturated heterocycles. The summed E-state index contributed by atoms with van der Waals surface area (Å²) in [5.41, 5.74) is 0. The molecule has 2 rings (SSSR count). The minimum atomic E-state index is 0.495. The van der Waals surface area contributed by atoms with E-state index in [1.54, 1.807) is 0 Å². The van der Waals surface area contributed by atoms with Crippen LogP contribution in [0.3, 0.4) is 0 Å². The highest BCUT2D eigenvalue weighted by molar-refractivity contribution is 8.14. The van der Waals surface area contributed by atoms with Gasteiger partial charge in [0.05, 0.1) is 23.9 Å². The normalized spacial score (nSPS) is 31.5. The molecule has 2 unspecified atom stereocenters. The van der Waals surface area contributed by atoms with Crippen LogP contribution < -0.4 is 5.32 Å². The maximum absolute atomic E-state index is 8.43. The maximum Gasteiger partial charge on any atom is 0.158 e. The van der Waals surface area contributed by atoms with Gasteiger partial charge in [0.15, 0.2) is 5.17 Å². The lowest BCUT2D eigenvalue weighted by molar-refractivity contribution is 0.385. The molecule has 70 valence electrons. The van der Waals surface area contributed by atoms with Crippen LogP contribution in [-0.2, 0) is 0 Å². The van der Waals surface area contributed by atoms with Crippen molar-refractivity contribution in [1.29, 1.82) is 5.26 Å². The monoisotopic (exact) mass is 195 g/mol. The highest BCUT2D eigenvalue weighted by atomic mass is 32.2. The van der Waals surface area contributed by atoms with Gasteiger partial charge in [-0.2, -0.15) is 5.26 Å². The molecule has 4 heteroatoms. The van der Waals surface area contributed by atoms with E-state index in [1.807, 2.05) is 0 Å². The van der Waals surface area contributed by atoms with Crippen molar-refractivity contribution in [3.63, 3.8) is 0 Å². The summed E-state index contributed by atoms with van der Waals surface area (Å²) in [6.07, 6.45) is 5.08. The fourth-order valence-electron chi connectivity index (χ4n) is 1.96. The van der Waals surface area contributed by atoms with Crippen LogP contribution in [0.4, 0.5) is 0 Å². The Balaban J connectivity index is 1.90. The molecular formula is C9H13N3S. The zero-order chi connectivity index (χ0) is 9.10. The summed E-state index contributed by atoms with van der Waals surface area (Å²) in [7, 11) is 0. The number of rotatable bonds is 1. The van der Waals surface area contributed by atoms with Gasteiger partial charge in [0.25, 0.3) is 0 Å².